The topological polar surface area (TPSA) is 12.0 Å². The smallest absolute Gasteiger partial charge is 0.0902 e. The van der Waals surface area contributed by atoms with Crippen LogP contribution in [-0.2, 0) is 4.87 Å². The van der Waals surface area contributed by atoms with Crippen molar-refractivity contribution in [2.24, 2.45) is 0 Å². The van der Waals surface area contributed by atoms with Crippen LogP contribution >= 0.6 is 11.8 Å². The van der Waals surface area contributed by atoms with Crippen LogP contribution in [-0.4, -0.2) is 12.3 Å². The quantitative estimate of drug-likeness (QED) is 0.818. The summed E-state index contributed by atoms with van der Waals surface area (Å²) in [4.78, 5) is 0.204. The molecule has 1 saturated heterocycles. The molecule has 0 spiro atoms. The summed E-state index contributed by atoms with van der Waals surface area (Å²) in [6.45, 7) is 3.39. The first-order valence-electron chi connectivity index (χ1n) is 5.32. The van der Waals surface area contributed by atoms with Crippen molar-refractivity contribution in [1.82, 2.24) is 5.32 Å². The van der Waals surface area contributed by atoms with Gasteiger partial charge in [0.2, 0.25) is 0 Å². The molecule has 0 saturated carbocycles. The third-order valence-electron chi connectivity index (χ3n) is 2.70. The Morgan fingerprint density at radius 2 is 2.14 bits per heavy atom. The summed E-state index contributed by atoms with van der Waals surface area (Å²) >= 11 is 2.06. The SMILES string of the molecule is CCCC1(c2ccccc2)NCCS1. The van der Waals surface area contributed by atoms with Gasteiger partial charge in [-0.25, -0.2) is 0 Å². The second-order valence-electron chi connectivity index (χ2n) is 3.72. The van der Waals surface area contributed by atoms with Gasteiger partial charge in [-0.15, -0.1) is 11.8 Å². The lowest BCUT2D eigenvalue weighted by Gasteiger charge is -2.28. The molecule has 1 aromatic carbocycles. The highest BCUT2D eigenvalue weighted by molar-refractivity contribution is 8.00. The Morgan fingerprint density at radius 3 is 2.71 bits per heavy atom. The average molecular weight is 207 g/mol. The van der Waals surface area contributed by atoms with Gasteiger partial charge in [0.05, 0.1) is 4.87 Å². The van der Waals surface area contributed by atoms with Crippen molar-refractivity contribution in [2.75, 3.05) is 12.3 Å². The second-order valence-corrected chi connectivity index (χ2v) is 5.11. The van der Waals surface area contributed by atoms with Gasteiger partial charge in [0, 0.05) is 12.3 Å². The number of benzene rings is 1. The first-order valence-corrected chi connectivity index (χ1v) is 6.30. The summed E-state index contributed by atoms with van der Waals surface area (Å²) in [6.07, 6.45) is 2.45. The molecular weight excluding hydrogens is 190 g/mol. The van der Waals surface area contributed by atoms with Crippen molar-refractivity contribution in [1.29, 1.82) is 0 Å². The van der Waals surface area contributed by atoms with E-state index in [1.165, 1.54) is 24.2 Å². The fourth-order valence-corrected chi connectivity index (χ4v) is 3.49. The van der Waals surface area contributed by atoms with E-state index in [0.29, 0.717) is 0 Å². The lowest BCUT2D eigenvalue weighted by molar-refractivity contribution is 0.481. The minimum absolute atomic E-state index is 0.204. The summed E-state index contributed by atoms with van der Waals surface area (Å²) in [7, 11) is 0. The molecule has 1 nitrogen and oxygen atoms in total. The van der Waals surface area contributed by atoms with Crippen molar-refractivity contribution >= 4 is 11.8 Å². The Balaban J connectivity index is 2.27. The maximum absolute atomic E-state index is 3.65. The van der Waals surface area contributed by atoms with Gasteiger partial charge in [-0.1, -0.05) is 43.7 Å². The molecule has 1 aliphatic heterocycles. The second kappa shape index (κ2) is 4.37. The van der Waals surface area contributed by atoms with Crippen LogP contribution in [0, 0.1) is 0 Å². The van der Waals surface area contributed by atoms with Gasteiger partial charge in [-0.05, 0) is 12.0 Å². The molecule has 0 aromatic heterocycles. The van der Waals surface area contributed by atoms with E-state index in [2.05, 4.69) is 54.3 Å². The lowest BCUT2D eigenvalue weighted by atomic mass is 10.0. The van der Waals surface area contributed by atoms with Crippen molar-refractivity contribution in [2.45, 2.75) is 24.6 Å². The van der Waals surface area contributed by atoms with Crippen LogP contribution in [0.25, 0.3) is 0 Å². The molecule has 14 heavy (non-hydrogen) atoms. The zero-order valence-corrected chi connectivity index (χ0v) is 9.44. The van der Waals surface area contributed by atoms with E-state index in [4.69, 9.17) is 0 Å². The molecule has 1 unspecified atom stereocenters. The summed E-state index contributed by atoms with van der Waals surface area (Å²) in [5.74, 6) is 1.23. The Bertz CT molecular complexity index is 278. The molecule has 0 radical (unpaired) electrons. The monoisotopic (exact) mass is 207 g/mol. The van der Waals surface area contributed by atoms with Crippen molar-refractivity contribution in [3.8, 4) is 0 Å². The van der Waals surface area contributed by atoms with Crippen LogP contribution in [0.5, 0.6) is 0 Å². The number of hydrogen-bond acceptors (Lipinski definition) is 2. The largest absolute Gasteiger partial charge is 0.298 e. The molecular formula is C12H17NS. The summed E-state index contributed by atoms with van der Waals surface area (Å²) < 4.78 is 0. The molecule has 1 N–H and O–H groups in total. The van der Waals surface area contributed by atoms with Gasteiger partial charge in [-0.3, -0.25) is 5.32 Å². The van der Waals surface area contributed by atoms with Crippen LogP contribution in [0.2, 0.25) is 0 Å². The normalized spacial score (nSPS) is 26.6. The molecule has 0 bridgehead atoms. The molecule has 0 amide bonds. The number of rotatable bonds is 3. The Labute approximate surface area is 90.3 Å². The maximum atomic E-state index is 3.65. The molecule has 2 heteroatoms. The highest BCUT2D eigenvalue weighted by atomic mass is 32.2. The van der Waals surface area contributed by atoms with E-state index in [9.17, 15) is 0 Å². The van der Waals surface area contributed by atoms with E-state index in [-0.39, 0.29) is 4.87 Å². The van der Waals surface area contributed by atoms with E-state index < -0.39 is 0 Å². The molecule has 1 aliphatic rings. The minimum atomic E-state index is 0.204. The maximum Gasteiger partial charge on any atom is 0.0902 e. The molecule has 2 rings (SSSR count). The van der Waals surface area contributed by atoms with Gasteiger partial charge in [0.1, 0.15) is 0 Å². The molecule has 76 valence electrons. The van der Waals surface area contributed by atoms with Crippen LogP contribution < -0.4 is 5.32 Å². The summed E-state index contributed by atoms with van der Waals surface area (Å²) in [6, 6.07) is 10.8. The third-order valence-corrected chi connectivity index (χ3v) is 4.19. The van der Waals surface area contributed by atoms with Crippen LogP contribution in [0.3, 0.4) is 0 Å². The predicted octanol–water partition coefficient (Wildman–Crippen LogP) is 2.98. The average Bonchev–Trinajstić information content (AvgIpc) is 2.70. The summed E-state index contributed by atoms with van der Waals surface area (Å²) in [5, 5.41) is 3.65. The highest BCUT2D eigenvalue weighted by Crippen LogP contribution is 2.41. The molecule has 1 aromatic rings. The minimum Gasteiger partial charge on any atom is -0.298 e. The fourth-order valence-electron chi connectivity index (χ4n) is 2.08. The first-order chi connectivity index (χ1) is 6.87. The number of hydrogen-bond donors (Lipinski definition) is 1. The first kappa shape index (κ1) is 10.1. The zero-order valence-electron chi connectivity index (χ0n) is 8.62. The van der Waals surface area contributed by atoms with Crippen molar-refractivity contribution in [3.63, 3.8) is 0 Å². The molecule has 1 fully saturated rings. The lowest BCUT2D eigenvalue weighted by Crippen LogP contribution is -2.34. The molecule has 1 heterocycles. The van der Waals surface area contributed by atoms with E-state index in [1.54, 1.807) is 0 Å². The van der Waals surface area contributed by atoms with Crippen LogP contribution in [0.4, 0.5) is 0 Å². The molecule has 1 atom stereocenters. The van der Waals surface area contributed by atoms with Gasteiger partial charge in [-0.2, -0.15) is 0 Å². The fraction of sp³-hybridized carbons (Fsp3) is 0.500. The van der Waals surface area contributed by atoms with Gasteiger partial charge < -0.3 is 0 Å². The van der Waals surface area contributed by atoms with E-state index in [1.807, 2.05) is 0 Å². The Morgan fingerprint density at radius 1 is 1.36 bits per heavy atom. The summed E-state index contributed by atoms with van der Waals surface area (Å²) in [5.41, 5.74) is 1.43. The van der Waals surface area contributed by atoms with Gasteiger partial charge in [0.15, 0.2) is 0 Å². The highest BCUT2D eigenvalue weighted by Gasteiger charge is 2.34. The zero-order chi connectivity index (χ0) is 9.86. The number of nitrogens with one attached hydrogen (secondary N) is 1. The van der Waals surface area contributed by atoms with Gasteiger partial charge >= 0.3 is 0 Å². The van der Waals surface area contributed by atoms with Crippen LogP contribution in [0.15, 0.2) is 30.3 Å². The standard InChI is InChI=1S/C12H17NS/c1-2-8-12(13-9-10-14-12)11-6-4-3-5-7-11/h3-7,13H,2,8-10H2,1H3. The molecule has 0 aliphatic carbocycles. The van der Waals surface area contributed by atoms with Crippen LogP contribution in [0.1, 0.15) is 25.3 Å². The van der Waals surface area contributed by atoms with Crippen molar-refractivity contribution in [3.05, 3.63) is 35.9 Å². The van der Waals surface area contributed by atoms with E-state index >= 15 is 0 Å². The predicted molar refractivity (Wildman–Crippen MR) is 63.5 cm³/mol. The number of thioether (sulfide) groups is 1. The third kappa shape index (κ3) is 1.82. The Kier molecular flexibility index (Phi) is 3.14. The van der Waals surface area contributed by atoms with Gasteiger partial charge in [0.25, 0.3) is 0 Å². The Hall–Kier alpha value is -0.470. The van der Waals surface area contributed by atoms with Crippen molar-refractivity contribution < 1.29 is 0 Å². The van der Waals surface area contributed by atoms with E-state index in [0.717, 1.165) is 6.54 Å².